The Morgan fingerprint density at radius 2 is 1.31 bits per heavy atom. The number of halogens is 8. The third-order valence-electron chi connectivity index (χ3n) is 7.53. The van der Waals surface area contributed by atoms with E-state index in [1.54, 1.807) is 29.2 Å². The number of aliphatic carboxylic acids is 2. The van der Waals surface area contributed by atoms with E-state index >= 15 is 0 Å². The maximum Gasteiger partial charge on any atom is 0.490 e. The van der Waals surface area contributed by atoms with Gasteiger partial charge in [-0.2, -0.15) is 31.6 Å². The van der Waals surface area contributed by atoms with E-state index in [-0.39, 0.29) is 43.0 Å². The highest BCUT2D eigenvalue weighted by molar-refractivity contribution is 5.89. The van der Waals surface area contributed by atoms with Crippen LogP contribution in [0.5, 0.6) is 0 Å². The first kappa shape index (κ1) is 42.6. The number of carbonyl (C=O) groups is 4. The number of azide groups is 1. The molecule has 1 unspecified atom stereocenters. The van der Waals surface area contributed by atoms with Crippen LogP contribution in [0, 0.1) is 23.0 Å². The molecule has 2 aliphatic heterocycles. The van der Waals surface area contributed by atoms with Gasteiger partial charge in [-0.05, 0) is 47.3 Å². The molecule has 3 atom stereocenters. The molecule has 14 nitrogen and oxygen atoms in total. The van der Waals surface area contributed by atoms with Crippen molar-refractivity contribution in [2.45, 2.75) is 49.4 Å². The Labute approximate surface area is 289 Å². The van der Waals surface area contributed by atoms with Gasteiger partial charge in [0.15, 0.2) is 0 Å². The number of alkyl halides is 6. The Morgan fingerprint density at radius 1 is 0.885 bits per heavy atom. The number of carbonyl (C=O) groups excluding carboxylic acids is 2. The number of carboxylic acid groups (broad SMARTS) is 2. The summed E-state index contributed by atoms with van der Waals surface area (Å²) in [7, 11) is 0. The SMILES string of the molecule is N#C[C@@H]1CC(N=[N+]=[N-])CN1C(=O)[C@@H](N)CC(=O)N1CCN(C(c2ccc(F)cc2)c2ccc(F)cc2)CC1.O=C(O)C(F)(F)F.O=C(O)C(F)(F)F. The topological polar surface area (TPSA) is 217 Å². The molecule has 282 valence electrons. The van der Waals surface area contributed by atoms with Crippen LogP contribution in [-0.2, 0) is 19.2 Å². The van der Waals surface area contributed by atoms with E-state index in [9.17, 15) is 50.0 Å². The Bertz CT molecular complexity index is 1570. The Morgan fingerprint density at radius 3 is 1.67 bits per heavy atom. The molecule has 0 aromatic heterocycles. The summed E-state index contributed by atoms with van der Waals surface area (Å²) in [5.74, 6) is -7.01. The average molecular weight is 751 g/mol. The highest BCUT2D eigenvalue weighted by atomic mass is 19.4. The molecule has 0 bridgehead atoms. The molecule has 2 aromatic carbocycles. The van der Waals surface area contributed by atoms with Crippen LogP contribution in [0.4, 0.5) is 35.1 Å². The van der Waals surface area contributed by atoms with Gasteiger partial charge >= 0.3 is 24.3 Å². The zero-order chi connectivity index (χ0) is 39.4. The highest BCUT2D eigenvalue weighted by Crippen LogP contribution is 2.30. The molecule has 2 aliphatic rings. The number of carboxylic acids is 2. The van der Waals surface area contributed by atoms with E-state index in [1.807, 2.05) is 6.07 Å². The van der Waals surface area contributed by atoms with Crippen molar-refractivity contribution in [3.8, 4) is 6.07 Å². The predicted molar refractivity (Wildman–Crippen MR) is 161 cm³/mol. The summed E-state index contributed by atoms with van der Waals surface area (Å²) in [6, 6.07) is 11.7. The molecule has 4 rings (SSSR count). The Kier molecular flexibility index (Phi) is 15.3. The van der Waals surface area contributed by atoms with Crippen LogP contribution >= 0.6 is 0 Å². The van der Waals surface area contributed by atoms with Crippen LogP contribution in [-0.4, -0.2) is 112 Å². The number of nitrogens with two attached hydrogens (primary N) is 1. The van der Waals surface area contributed by atoms with E-state index in [0.717, 1.165) is 11.1 Å². The largest absolute Gasteiger partial charge is 0.490 e. The summed E-state index contributed by atoms with van der Waals surface area (Å²) in [5, 5.41) is 27.2. The van der Waals surface area contributed by atoms with Crippen molar-refractivity contribution in [2.24, 2.45) is 10.8 Å². The van der Waals surface area contributed by atoms with Crippen LogP contribution in [0.2, 0.25) is 0 Å². The summed E-state index contributed by atoms with van der Waals surface area (Å²) in [5.41, 5.74) is 16.4. The fourth-order valence-corrected chi connectivity index (χ4v) is 5.09. The first-order valence-corrected chi connectivity index (χ1v) is 14.8. The van der Waals surface area contributed by atoms with Gasteiger partial charge < -0.3 is 25.7 Å². The van der Waals surface area contributed by atoms with Crippen molar-refractivity contribution in [3.63, 3.8) is 0 Å². The number of hydrogen-bond donors (Lipinski definition) is 3. The molecule has 4 N–H and O–H groups in total. The van der Waals surface area contributed by atoms with Gasteiger partial charge in [0, 0.05) is 37.6 Å². The van der Waals surface area contributed by atoms with Crippen LogP contribution < -0.4 is 5.73 Å². The lowest BCUT2D eigenvalue weighted by Gasteiger charge is -2.40. The summed E-state index contributed by atoms with van der Waals surface area (Å²) in [4.78, 5) is 51.5. The second-order valence-electron chi connectivity index (χ2n) is 11.1. The third kappa shape index (κ3) is 12.7. The normalized spacial score (nSPS) is 18.1. The molecule has 0 spiro atoms. The predicted octanol–water partition coefficient (Wildman–Crippen LogP) is 3.99. The van der Waals surface area contributed by atoms with E-state index in [1.165, 1.54) is 29.2 Å². The van der Waals surface area contributed by atoms with Gasteiger partial charge in [0.05, 0.1) is 30.6 Å². The number of nitrogens with zero attached hydrogens (tertiary/aromatic N) is 7. The van der Waals surface area contributed by atoms with Crippen LogP contribution in [0.1, 0.15) is 30.0 Å². The minimum Gasteiger partial charge on any atom is -0.475 e. The molecule has 2 heterocycles. The zero-order valence-electron chi connectivity index (χ0n) is 26.6. The van der Waals surface area contributed by atoms with E-state index < -0.39 is 48.3 Å². The first-order valence-electron chi connectivity index (χ1n) is 14.8. The van der Waals surface area contributed by atoms with Gasteiger partial charge in [-0.15, -0.1) is 0 Å². The summed E-state index contributed by atoms with van der Waals surface area (Å²) in [6.07, 6.45) is -10.1. The van der Waals surface area contributed by atoms with Crippen LogP contribution in [0.25, 0.3) is 10.4 Å². The minimum absolute atomic E-state index is 0.0931. The van der Waals surface area contributed by atoms with Gasteiger partial charge in [-0.25, -0.2) is 18.4 Å². The summed E-state index contributed by atoms with van der Waals surface area (Å²) < 4.78 is 90.6. The standard InChI is InChI=1S/C26H28F2N8O2.2C2HF3O2/c27-19-5-1-17(2-6-19)25(18-3-7-20(28)8-4-18)35-11-9-34(10-12-35)24(37)14-23(30)26(38)36-16-21(32-33-31)13-22(36)15-29;2*3-2(4,5)1(6)7/h1-8,21-23,25H,9-14,16,30H2;2*(H,6,7)/t21?,22-,23-;;/m0../s1. The summed E-state index contributed by atoms with van der Waals surface area (Å²) in [6.45, 7) is 1.88. The molecular weight excluding hydrogens is 720 g/mol. The number of nitriles is 1. The van der Waals surface area contributed by atoms with Gasteiger partial charge in [0.25, 0.3) is 0 Å². The molecule has 0 saturated carbocycles. The first-order chi connectivity index (χ1) is 24.2. The molecule has 2 fully saturated rings. The molecule has 22 heteroatoms. The van der Waals surface area contributed by atoms with E-state index in [0.29, 0.717) is 26.2 Å². The Balaban J connectivity index is 0.000000564. The van der Waals surface area contributed by atoms with Gasteiger partial charge in [-0.1, -0.05) is 29.4 Å². The summed E-state index contributed by atoms with van der Waals surface area (Å²) >= 11 is 0. The van der Waals surface area contributed by atoms with Crippen molar-refractivity contribution in [1.29, 1.82) is 5.26 Å². The lowest BCUT2D eigenvalue weighted by atomic mass is 9.96. The number of amides is 2. The van der Waals surface area contributed by atoms with E-state index in [2.05, 4.69) is 14.9 Å². The second kappa shape index (κ2) is 18.6. The maximum atomic E-state index is 13.6. The number of hydrogen-bond acceptors (Lipinski definition) is 8. The van der Waals surface area contributed by atoms with Crippen LogP contribution in [0.15, 0.2) is 53.6 Å². The minimum atomic E-state index is -5.08. The fourth-order valence-electron chi connectivity index (χ4n) is 5.09. The quantitative estimate of drug-likeness (QED) is 0.161. The van der Waals surface area contributed by atoms with Crippen molar-refractivity contribution in [3.05, 3.63) is 81.7 Å². The van der Waals surface area contributed by atoms with Gasteiger partial charge in [0.1, 0.15) is 17.7 Å². The van der Waals surface area contributed by atoms with Gasteiger partial charge in [-0.3, -0.25) is 14.5 Å². The molecule has 2 amide bonds. The van der Waals surface area contributed by atoms with Crippen molar-refractivity contribution >= 4 is 23.8 Å². The Hall–Kier alpha value is -5.52. The highest BCUT2D eigenvalue weighted by Gasteiger charge is 2.40. The number of piperazine rings is 1. The monoisotopic (exact) mass is 750 g/mol. The smallest absolute Gasteiger partial charge is 0.475 e. The average Bonchev–Trinajstić information content (AvgIpc) is 3.49. The fraction of sp³-hybridized carbons (Fsp3) is 0.433. The number of rotatable bonds is 7. The zero-order valence-corrected chi connectivity index (χ0v) is 26.6. The van der Waals surface area contributed by atoms with Crippen molar-refractivity contribution < 1.29 is 64.5 Å². The molecular formula is C30H30F8N8O6. The van der Waals surface area contributed by atoms with Gasteiger partial charge in [0.2, 0.25) is 11.8 Å². The van der Waals surface area contributed by atoms with Crippen molar-refractivity contribution in [1.82, 2.24) is 14.7 Å². The van der Waals surface area contributed by atoms with Crippen LogP contribution in [0.3, 0.4) is 0 Å². The maximum absolute atomic E-state index is 13.6. The number of benzene rings is 2. The van der Waals surface area contributed by atoms with Crippen molar-refractivity contribution in [2.75, 3.05) is 32.7 Å². The molecule has 2 saturated heterocycles. The third-order valence-corrected chi connectivity index (χ3v) is 7.53. The van der Waals surface area contributed by atoms with E-state index in [4.69, 9.17) is 31.1 Å². The number of likely N-dealkylation sites (tertiary alicyclic amines) is 1. The molecule has 0 radical (unpaired) electrons. The molecule has 52 heavy (non-hydrogen) atoms. The molecule has 0 aliphatic carbocycles. The second-order valence-corrected chi connectivity index (χ2v) is 11.1. The lowest BCUT2D eigenvalue weighted by molar-refractivity contribution is -0.193. The lowest BCUT2D eigenvalue weighted by Crippen LogP contribution is -2.52. The molecule has 2 aromatic rings.